The van der Waals surface area contributed by atoms with Crippen LogP contribution in [0.25, 0.3) is 6.08 Å². The van der Waals surface area contributed by atoms with Crippen molar-refractivity contribution in [3.05, 3.63) is 65.2 Å². The fraction of sp³-hybridized carbons (Fsp3) is 0.304. The molecular weight excluding hydrogens is 366 g/mol. The van der Waals surface area contributed by atoms with Crippen molar-refractivity contribution in [2.75, 3.05) is 37.7 Å². The molecule has 2 aromatic rings. The van der Waals surface area contributed by atoms with E-state index in [1.165, 1.54) is 16.8 Å². The molecule has 0 aromatic heterocycles. The van der Waals surface area contributed by atoms with E-state index in [0.29, 0.717) is 18.8 Å². The number of benzene rings is 2. The minimum atomic E-state index is -0.516. The Morgan fingerprint density at radius 2 is 1.72 bits per heavy atom. The van der Waals surface area contributed by atoms with Crippen LogP contribution in [0.5, 0.6) is 5.75 Å². The molecule has 0 aliphatic carbocycles. The quantitative estimate of drug-likeness (QED) is 0.766. The summed E-state index contributed by atoms with van der Waals surface area (Å²) in [5.74, 6) is 0.0618. The maximum absolute atomic E-state index is 12.5. The van der Waals surface area contributed by atoms with Gasteiger partial charge in [-0.1, -0.05) is 24.3 Å². The molecule has 1 heterocycles. The molecule has 0 saturated carbocycles. The standard InChI is InChI=1S/C23H27N3O3/c1-17-4-3-5-21(18(17)2)25-12-14-26(15-13-25)23(28)11-8-19-6-9-20(10-7-19)29-16-22(24)27/h3-11H,12-16H2,1-2H3,(H2,24,27)/b11-8+. The van der Waals surface area contributed by atoms with E-state index in [0.717, 1.165) is 18.7 Å². The van der Waals surface area contributed by atoms with Crippen molar-refractivity contribution in [1.29, 1.82) is 0 Å². The molecule has 0 spiro atoms. The van der Waals surface area contributed by atoms with Crippen LogP contribution < -0.4 is 15.4 Å². The Labute approximate surface area is 171 Å². The number of amides is 2. The molecule has 0 atom stereocenters. The highest BCUT2D eigenvalue weighted by Crippen LogP contribution is 2.24. The topological polar surface area (TPSA) is 75.9 Å². The molecule has 0 unspecified atom stereocenters. The molecule has 152 valence electrons. The molecule has 1 aliphatic rings. The molecule has 0 bridgehead atoms. The molecule has 2 aromatic carbocycles. The van der Waals surface area contributed by atoms with E-state index in [-0.39, 0.29) is 12.5 Å². The number of ether oxygens (including phenoxy) is 1. The van der Waals surface area contributed by atoms with Gasteiger partial charge in [-0.3, -0.25) is 9.59 Å². The second-order valence-corrected chi connectivity index (χ2v) is 7.19. The van der Waals surface area contributed by atoms with Gasteiger partial charge < -0.3 is 20.3 Å². The summed E-state index contributed by atoms with van der Waals surface area (Å²) in [6.45, 7) is 7.19. The molecule has 0 radical (unpaired) electrons. The van der Waals surface area contributed by atoms with Crippen LogP contribution in [0.2, 0.25) is 0 Å². The van der Waals surface area contributed by atoms with E-state index in [1.807, 2.05) is 17.0 Å². The predicted octanol–water partition coefficient (Wildman–Crippen LogP) is 2.53. The maximum atomic E-state index is 12.5. The number of nitrogens with zero attached hydrogens (tertiary/aromatic N) is 2. The Morgan fingerprint density at radius 3 is 2.38 bits per heavy atom. The SMILES string of the molecule is Cc1cccc(N2CCN(C(=O)/C=C/c3ccc(OCC(N)=O)cc3)CC2)c1C. The van der Waals surface area contributed by atoms with Crippen LogP contribution in [0.4, 0.5) is 5.69 Å². The minimum Gasteiger partial charge on any atom is -0.484 e. The number of anilines is 1. The van der Waals surface area contributed by atoms with Gasteiger partial charge in [0.05, 0.1) is 0 Å². The zero-order valence-corrected chi connectivity index (χ0v) is 16.9. The lowest BCUT2D eigenvalue weighted by Crippen LogP contribution is -2.48. The highest BCUT2D eigenvalue weighted by molar-refractivity contribution is 5.92. The number of aryl methyl sites for hydroxylation is 1. The largest absolute Gasteiger partial charge is 0.484 e. The van der Waals surface area contributed by atoms with Crippen LogP contribution in [0.15, 0.2) is 48.5 Å². The molecule has 3 rings (SSSR count). The van der Waals surface area contributed by atoms with Crippen molar-refractivity contribution in [1.82, 2.24) is 4.90 Å². The van der Waals surface area contributed by atoms with Crippen molar-refractivity contribution < 1.29 is 14.3 Å². The lowest BCUT2D eigenvalue weighted by atomic mass is 10.1. The molecule has 2 N–H and O–H groups in total. The number of rotatable bonds is 6. The first-order chi connectivity index (χ1) is 13.9. The first-order valence-corrected chi connectivity index (χ1v) is 9.73. The Bertz CT molecular complexity index is 898. The van der Waals surface area contributed by atoms with Crippen LogP contribution in [-0.4, -0.2) is 49.5 Å². The first kappa shape index (κ1) is 20.5. The average Bonchev–Trinajstić information content (AvgIpc) is 2.73. The zero-order chi connectivity index (χ0) is 20.8. The number of piperazine rings is 1. The Balaban J connectivity index is 1.53. The number of primary amides is 1. The third kappa shape index (κ3) is 5.38. The number of carbonyl (C=O) groups is 2. The summed E-state index contributed by atoms with van der Waals surface area (Å²) in [5, 5.41) is 0. The Morgan fingerprint density at radius 1 is 1.03 bits per heavy atom. The van der Waals surface area contributed by atoms with Gasteiger partial charge in [-0.2, -0.15) is 0 Å². The van der Waals surface area contributed by atoms with Crippen molar-refractivity contribution in [3.63, 3.8) is 0 Å². The van der Waals surface area contributed by atoms with Crippen LogP contribution in [0.3, 0.4) is 0 Å². The Kier molecular flexibility index (Phi) is 6.54. The highest BCUT2D eigenvalue weighted by Gasteiger charge is 2.21. The molecule has 6 heteroatoms. The fourth-order valence-electron chi connectivity index (χ4n) is 3.35. The average molecular weight is 393 g/mol. The number of hydrogen-bond acceptors (Lipinski definition) is 4. The third-order valence-corrected chi connectivity index (χ3v) is 5.19. The summed E-state index contributed by atoms with van der Waals surface area (Å²) < 4.78 is 5.23. The lowest BCUT2D eigenvalue weighted by molar-refractivity contribution is -0.126. The van der Waals surface area contributed by atoms with Gasteiger partial charge in [-0.05, 0) is 54.8 Å². The molecule has 1 aliphatic heterocycles. The van der Waals surface area contributed by atoms with Crippen LogP contribution in [0, 0.1) is 13.8 Å². The van der Waals surface area contributed by atoms with Gasteiger partial charge >= 0.3 is 0 Å². The number of hydrogen-bond donors (Lipinski definition) is 1. The summed E-state index contributed by atoms with van der Waals surface area (Å²) in [6, 6.07) is 13.5. The van der Waals surface area contributed by atoms with Crippen molar-refractivity contribution in [2.45, 2.75) is 13.8 Å². The molecule has 1 fully saturated rings. The van der Waals surface area contributed by atoms with Crippen LogP contribution >= 0.6 is 0 Å². The number of nitrogens with two attached hydrogens (primary N) is 1. The van der Waals surface area contributed by atoms with E-state index in [4.69, 9.17) is 10.5 Å². The normalized spacial score (nSPS) is 14.3. The molecule has 1 saturated heterocycles. The van der Waals surface area contributed by atoms with Gasteiger partial charge in [-0.15, -0.1) is 0 Å². The number of carbonyl (C=O) groups excluding carboxylic acids is 2. The van der Waals surface area contributed by atoms with Gasteiger partial charge in [-0.25, -0.2) is 0 Å². The highest BCUT2D eigenvalue weighted by atomic mass is 16.5. The van der Waals surface area contributed by atoms with E-state index in [2.05, 4.69) is 36.9 Å². The summed E-state index contributed by atoms with van der Waals surface area (Å²) in [4.78, 5) is 27.5. The molecular formula is C23H27N3O3. The van der Waals surface area contributed by atoms with Gasteiger partial charge in [0.15, 0.2) is 6.61 Å². The fourth-order valence-corrected chi connectivity index (χ4v) is 3.35. The van der Waals surface area contributed by atoms with Crippen LogP contribution in [-0.2, 0) is 9.59 Å². The molecule has 2 amide bonds. The van der Waals surface area contributed by atoms with Gasteiger partial charge in [0.1, 0.15) is 5.75 Å². The van der Waals surface area contributed by atoms with Crippen molar-refractivity contribution >= 4 is 23.6 Å². The van der Waals surface area contributed by atoms with Crippen LogP contribution in [0.1, 0.15) is 16.7 Å². The lowest BCUT2D eigenvalue weighted by Gasteiger charge is -2.36. The van der Waals surface area contributed by atoms with Gasteiger partial charge in [0.25, 0.3) is 5.91 Å². The second-order valence-electron chi connectivity index (χ2n) is 7.19. The zero-order valence-electron chi connectivity index (χ0n) is 16.9. The predicted molar refractivity (Wildman–Crippen MR) is 115 cm³/mol. The van der Waals surface area contributed by atoms with Gasteiger partial charge in [0.2, 0.25) is 5.91 Å². The van der Waals surface area contributed by atoms with E-state index in [1.54, 1.807) is 24.3 Å². The summed E-state index contributed by atoms with van der Waals surface area (Å²) >= 11 is 0. The smallest absolute Gasteiger partial charge is 0.255 e. The monoisotopic (exact) mass is 393 g/mol. The molecule has 6 nitrogen and oxygen atoms in total. The van der Waals surface area contributed by atoms with E-state index < -0.39 is 5.91 Å². The summed E-state index contributed by atoms with van der Waals surface area (Å²) in [7, 11) is 0. The van der Waals surface area contributed by atoms with E-state index in [9.17, 15) is 9.59 Å². The Hall–Kier alpha value is -3.28. The van der Waals surface area contributed by atoms with Crippen molar-refractivity contribution in [2.24, 2.45) is 5.73 Å². The van der Waals surface area contributed by atoms with Gasteiger partial charge in [0, 0.05) is 37.9 Å². The van der Waals surface area contributed by atoms with Crippen molar-refractivity contribution in [3.8, 4) is 5.75 Å². The third-order valence-electron chi connectivity index (χ3n) is 5.19. The maximum Gasteiger partial charge on any atom is 0.255 e. The summed E-state index contributed by atoms with van der Waals surface area (Å²) in [6.07, 6.45) is 3.39. The molecule has 29 heavy (non-hydrogen) atoms. The first-order valence-electron chi connectivity index (χ1n) is 9.73. The second kappa shape index (κ2) is 9.28. The minimum absolute atomic E-state index is 0.0136. The van der Waals surface area contributed by atoms with E-state index >= 15 is 0 Å². The summed E-state index contributed by atoms with van der Waals surface area (Å²) in [5.41, 5.74) is 9.79.